The summed E-state index contributed by atoms with van der Waals surface area (Å²) in [7, 11) is 0. The highest BCUT2D eigenvalue weighted by Gasteiger charge is 2.51. The molecular formula is C18H24N4O4. The summed E-state index contributed by atoms with van der Waals surface area (Å²) in [5, 5.41) is 7.36. The molecule has 1 heterocycles. The van der Waals surface area contributed by atoms with Crippen LogP contribution in [0.1, 0.15) is 38.7 Å². The van der Waals surface area contributed by atoms with Gasteiger partial charge < -0.3 is 10.6 Å². The van der Waals surface area contributed by atoms with Crippen LogP contribution in [0.2, 0.25) is 0 Å². The maximum absolute atomic E-state index is 12.9. The van der Waals surface area contributed by atoms with Crippen LogP contribution in [0.3, 0.4) is 0 Å². The maximum atomic E-state index is 12.9. The molecular weight excluding hydrogens is 336 g/mol. The van der Waals surface area contributed by atoms with Crippen LogP contribution in [0.5, 0.6) is 0 Å². The second-order valence-corrected chi connectivity index (χ2v) is 6.10. The number of urea groups is 2. The highest BCUT2D eigenvalue weighted by atomic mass is 16.2. The van der Waals surface area contributed by atoms with Crippen molar-refractivity contribution in [3.63, 3.8) is 0 Å². The standard InChI is InChI=1S/C18H24N4O4/c1-3-5-11-19-16(25)20-14(23)12-22-15(24)18(4-2,21-17(22)26)13-9-7-6-8-10-13/h6-10H,3-5,11-12H2,1-2H3,(H,21,26)(H2,19,20,23,25)/t18-/m0/s1. The van der Waals surface area contributed by atoms with E-state index in [1.54, 1.807) is 31.2 Å². The largest absolute Gasteiger partial charge is 0.338 e. The predicted molar refractivity (Wildman–Crippen MR) is 95.1 cm³/mol. The minimum Gasteiger partial charge on any atom is -0.338 e. The first-order chi connectivity index (χ1) is 12.4. The lowest BCUT2D eigenvalue weighted by Crippen LogP contribution is -2.47. The summed E-state index contributed by atoms with van der Waals surface area (Å²) in [6, 6.07) is 7.60. The zero-order chi connectivity index (χ0) is 19.2. The van der Waals surface area contributed by atoms with Crippen LogP contribution in [-0.4, -0.2) is 41.9 Å². The Bertz CT molecular complexity index is 692. The van der Waals surface area contributed by atoms with Crippen molar-refractivity contribution >= 4 is 23.9 Å². The van der Waals surface area contributed by atoms with Crippen LogP contribution in [-0.2, 0) is 15.1 Å². The zero-order valence-electron chi connectivity index (χ0n) is 15.0. The summed E-state index contributed by atoms with van der Waals surface area (Å²) in [6.45, 7) is 3.71. The molecule has 0 radical (unpaired) electrons. The predicted octanol–water partition coefficient (Wildman–Crippen LogP) is 1.47. The number of hydrogen-bond acceptors (Lipinski definition) is 4. The van der Waals surface area contributed by atoms with Gasteiger partial charge in [-0.3, -0.25) is 19.8 Å². The van der Waals surface area contributed by atoms with Gasteiger partial charge in [-0.1, -0.05) is 50.6 Å². The quantitative estimate of drug-likeness (QED) is 0.505. The Morgan fingerprint density at radius 3 is 2.46 bits per heavy atom. The Morgan fingerprint density at radius 2 is 1.85 bits per heavy atom. The van der Waals surface area contributed by atoms with Crippen LogP contribution in [0.4, 0.5) is 9.59 Å². The van der Waals surface area contributed by atoms with Gasteiger partial charge in [0.05, 0.1) is 0 Å². The highest BCUT2D eigenvalue weighted by molar-refractivity contribution is 6.10. The summed E-state index contributed by atoms with van der Waals surface area (Å²) in [5.41, 5.74) is -0.539. The SMILES string of the molecule is CCCCNC(=O)NC(=O)CN1C(=O)N[C@@](CC)(c2ccccc2)C1=O. The van der Waals surface area contributed by atoms with Crippen molar-refractivity contribution < 1.29 is 19.2 Å². The number of carbonyl (C=O) groups excluding carboxylic acids is 4. The van der Waals surface area contributed by atoms with E-state index >= 15 is 0 Å². The zero-order valence-corrected chi connectivity index (χ0v) is 15.0. The van der Waals surface area contributed by atoms with Gasteiger partial charge in [0.1, 0.15) is 12.1 Å². The third-order valence-corrected chi connectivity index (χ3v) is 4.34. The van der Waals surface area contributed by atoms with Crippen LogP contribution in [0.15, 0.2) is 30.3 Å². The molecule has 0 spiro atoms. The summed E-state index contributed by atoms with van der Waals surface area (Å²) in [5.74, 6) is -1.22. The molecule has 0 saturated carbocycles. The Labute approximate surface area is 152 Å². The van der Waals surface area contributed by atoms with Crippen molar-refractivity contribution in [1.82, 2.24) is 20.9 Å². The van der Waals surface area contributed by atoms with Gasteiger partial charge in [-0.05, 0) is 18.4 Å². The van der Waals surface area contributed by atoms with Gasteiger partial charge in [0.25, 0.3) is 5.91 Å². The van der Waals surface area contributed by atoms with Gasteiger partial charge >= 0.3 is 12.1 Å². The van der Waals surface area contributed by atoms with E-state index in [2.05, 4.69) is 16.0 Å². The fourth-order valence-corrected chi connectivity index (χ4v) is 2.86. The summed E-state index contributed by atoms with van der Waals surface area (Å²) >= 11 is 0. The number of unbranched alkanes of at least 4 members (excludes halogenated alkanes) is 1. The van der Waals surface area contributed by atoms with E-state index in [1.807, 2.05) is 13.0 Å². The van der Waals surface area contributed by atoms with Gasteiger partial charge in [0, 0.05) is 6.54 Å². The summed E-state index contributed by atoms with van der Waals surface area (Å²) in [6.07, 6.45) is 2.05. The molecule has 1 aliphatic rings. The first kappa shape index (κ1) is 19.4. The summed E-state index contributed by atoms with van der Waals surface area (Å²) < 4.78 is 0. The fraction of sp³-hybridized carbons (Fsp3) is 0.444. The van der Waals surface area contributed by atoms with Crippen LogP contribution < -0.4 is 16.0 Å². The van der Waals surface area contributed by atoms with E-state index in [0.29, 0.717) is 18.5 Å². The van der Waals surface area contributed by atoms with E-state index < -0.39 is 36.0 Å². The number of hydrogen-bond donors (Lipinski definition) is 3. The van der Waals surface area contributed by atoms with Crippen molar-refractivity contribution in [3.8, 4) is 0 Å². The molecule has 8 nitrogen and oxygen atoms in total. The van der Waals surface area contributed by atoms with Crippen molar-refractivity contribution in [2.75, 3.05) is 13.1 Å². The van der Waals surface area contributed by atoms with E-state index in [4.69, 9.17) is 0 Å². The maximum Gasteiger partial charge on any atom is 0.325 e. The molecule has 2 rings (SSSR count). The van der Waals surface area contributed by atoms with E-state index in [0.717, 1.165) is 17.7 Å². The molecule has 0 bridgehead atoms. The minimum atomic E-state index is -1.19. The Balaban J connectivity index is 2.04. The van der Waals surface area contributed by atoms with Crippen molar-refractivity contribution in [3.05, 3.63) is 35.9 Å². The molecule has 1 aromatic rings. The first-order valence-electron chi connectivity index (χ1n) is 8.72. The Morgan fingerprint density at radius 1 is 1.15 bits per heavy atom. The fourth-order valence-electron chi connectivity index (χ4n) is 2.86. The number of rotatable bonds is 7. The first-order valence-corrected chi connectivity index (χ1v) is 8.72. The van der Waals surface area contributed by atoms with Gasteiger partial charge in [-0.2, -0.15) is 0 Å². The number of imide groups is 2. The van der Waals surface area contributed by atoms with Crippen LogP contribution in [0.25, 0.3) is 0 Å². The Hall–Kier alpha value is -2.90. The second-order valence-electron chi connectivity index (χ2n) is 6.10. The van der Waals surface area contributed by atoms with Gasteiger partial charge in [-0.25, -0.2) is 9.59 Å². The number of amides is 6. The molecule has 0 aromatic heterocycles. The lowest BCUT2D eigenvalue weighted by Gasteiger charge is -2.25. The number of benzene rings is 1. The lowest BCUT2D eigenvalue weighted by atomic mass is 9.87. The average molecular weight is 360 g/mol. The second kappa shape index (κ2) is 8.46. The Kier molecular flexibility index (Phi) is 6.32. The summed E-state index contributed by atoms with van der Waals surface area (Å²) in [4.78, 5) is 49.6. The molecule has 8 heteroatoms. The normalized spacial score (nSPS) is 19.2. The van der Waals surface area contributed by atoms with Crippen LogP contribution in [0, 0.1) is 0 Å². The third-order valence-electron chi connectivity index (χ3n) is 4.34. The number of nitrogens with zero attached hydrogens (tertiary/aromatic N) is 1. The molecule has 1 fully saturated rings. The molecule has 140 valence electrons. The molecule has 1 aromatic carbocycles. The van der Waals surface area contributed by atoms with Gasteiger partial charge in [0.2, 0.25) is 5.91 Å². The topological polar surface area (TPSA) is 108 Å². The minimum absolute atomic E-state index is 0.344. The van der Waals surface area contributed by atoms with Crippen molar-refractivity contribution in [2.24, 2.45) is 0 Å². The molecule has 1 atom stereocenters. The van der Waals surface area contributed by atoms with Gasteiger partial charge in [0.15, 0.2) is 0 Å². The molecule has 6 amide bonds. The number of carbonyl (C=O) groups is 4. The highest BCUT2D eigenvalue weighted by Crippen LogP contribution is 2.32. The molecule has 0 unspecified atom stereocenters. The van der Waals surface area contributed by atoms with Crippen LogP contribution >= 0.6 is 0 Å². The average Bonchev–Trinajstić information content (AvgIpc) is 2.87. The van der Waals surface area contributed by atoms with Crippen molar-refractivity contribution in [1.29, 1.82) is 0 Å². The van der Waals surface area contributed by atoms with E-state index in [1.165, 1.54) is 0 Å². The van der Waals surface area contributed by atoms with E-state index in [9.17, 15) is 19.2 Å². The molecule has 1 aliphatic heterocycles. The molecule has 1 saturated heterocycles. The lowest BCUT2D eigenvalue weighted by molar-refractivity contribution is -0.135. The van der Waals surface area contributed by atoms with E-state index in [-0.39, 0.29) is 0 Å². The number of nitrogens with one attached hydrogen (secondary N) is 3. The van der Waals surface area contributed by atoms with Crippen molar-refractivity contribution in [2.45, 2.75) is 38.6 Å². The smallest absolute Gasteiger partial charge is 0.325 e. The molecule has 3 N–H and O–H groups in total. The monoisotopic (exact) mass is 360 g/mol. The molecule has 0 aliphatic carbocycles. The third kappa shape index (κ3) is 4.01. The molecule has 26 heavy (non-hydrogen) atoms. The van der Waals surface area contributed by atoms with Gasteiger partial charge in [-0.15, -0.1) is 0 Å².